The van der Waals surface area contributed by atoms with Gasteiger partial charge >= 0.3 is 5.97 Å². The molecule has 0 saturated heterocycles. The Labute approximate surface area is 164 Å². The van der Waals surface area contributed by atoms with Crippen LogP contribution in [0.5, 0.6) is 5.75 Å². The number of ether oxygens (including phenoxy) is 2. The van der Waals surface area contributed by atoms with Crippen LogP contribution >= 0.6 is 15.9 Å². The summed E-state index contributed by atoms with van der Waals surface area (Å²) in [5, 5.41) is 2.74. The van der Waals surface area contributed by atoms with Crippen molar-refractivity contribution in [3.8, 4) is 5.75 Å². The number of para-hydroxylation sites is 2. The summed E-state index contributed by atoms with van der Waals surface area (Å²) in [4.78, 5) is 37.8. The van der Waals surface area contributed by atoms with Crippen molar-refractivity contribution in [2.75, 3.05) is 23.9 Å². The number of carbonyl (C=O) groups is 3. The first kappa shape index (κ1) is 18.9. The van der Waals surface area contributed by atoms with Gasteiger partial charge in [-0.15, -0.1) is 0 Å². The standard InChI is InChI=1S/C19H17BrN2O5/c1-11(27-16-8-7-12(9-13(16)20)19(25)26-2)18(24)22-10-17(23)21-14-5-3-4-6-15(14)22/h3-9,11H,10H2,1-2H3,(H,21,23). The SMILES string of the molecule is COC(=O)c1ccc(OC(C)C(=O)N2CC(=O)Nc3ccccc32)c(Br)c1. The number of rotatable bonds is 4. The third-order valence-corrected chi connectivity index (χ3v) is 4.66. The van der Waals surface area contributed by atoms with Crippen LogP contribution in [-0.2, 0) is 14.3 Å². The number of esters is 1. The Morgan fingerprint density at radius 1 is 1.22 bits per heavy atom. The number of hydrogen-bond donors (Lipinski definition) is 1. The van der Waals surface area contributed by atoms with Crippen LogP contribution in [0.25, 0.3) is 0 Å². The molecule has 0 saturated carbocycles. The summed E-state index contributed by atoms with van der Waals surface area (Å²) in [5.41, 5.74) is 1.56. The number of halogens is 1. The van der Waals surface area contributed by atoms with E-state index in [0.717, 1.165) is 0 Å². The van der Waals surface area contributed by atoms with Crippen molar-refractivity contribution in [3.05, 3.63) is 52.5 Å². The number of benzene rings is 2. The first-order chi connectivity index (χ1) is 12.9. The second kappa shape index (κ2) is 7.79. The zero-order chi connectivity index (χ0) is 19.6. The topological polar surface area (TPSA) is 84.9 Å². The van der Waals surface area contributed by atoms with Crippen LogP contribution in [0.4, 0.5) is 11.4 Å². The molecule has 0 aromatic heterocycles. The summed E-state index contributed by atoms with van der Waals surface area (Å²) in [6.45, 7) is 1.53. The lowest BCUT2D eigenvalue weighted by atomic mass is 10.1. The van der Waals surface area contributed by atoms with E-state index in [4.69, 9.17) is 4.74 Å². The van der Waals surface area contributed by atoms with Crippen molar-refractivity contribution < 1.29 is 23.9 Å². The van der Waals surface area contributed by atoms with Gasteiger partial charge in [-0.2, -0.15) is 0 Å². The zero-order valence-electron chi connectivity index (χ0n) is 14.7. The number of methoxy groups -OCH3 is 1. The molecular formula is C19H17BrN2O5. The molecule has 1 heterocycles. The molecular weight excluding hydrogens is 416 g/mol. The molecule has 1 N–H and O–H groups in total. The number of carbonyl (C=O) groups excluding carboxylic acids is 3. The molecule has 2 amide bonds. The van der Waals surface area contributed by atoms with Gasteiger partial charge in [0.1, 0.15) is 12.3 Å². The summed E-state index contributed by atoms with van der Waals surface area (Å²) in [5.74, 6) is -0.681. The lowest BCUT2D eigenvalue weighted by molar-refractivity contribution is -0.126. The molecule has 3 rings (SSSR count). The van der Waals surface area contributed by atoms with Crippen molar-refractivity contribution in [2.45, 2.75) is 13.0 Å². The molecule has 0 radical (unpaired) electrons. The summed E-state index contributed by atoms with van der Waals surface area (Å²) in [6, 6.07) is 11.8. The van der Waals surface area contributed by atoms with E-state index in [1.165, 1.54) is 12.0 Å². The smallest absolute Gasteiger partial charge is 0.337 e. The van der Waals surface area contributed by atoms with Crippen LogP contribution in [0.1, 0.15) is 17.3 Å². The maximum atomic E-state index is 12.9. The van der Waals surface area contributed by atoms with E-state index in [9.17, 15) is 14.4 Å². The molecule has 0 fully saturated rings. The van der Waals surface area contributed by atoms with Gasteiger partial charge in [0.15, 0.2) is 6.10 Å². The molecule has 1 atom stereocenters. The Morgan fingerprint density at radius 3 is 2.67 bits per heavy atom. The Bertz CT molecular complexity index is 915. The fourth-order valence-electron chi connectivity index (χ4n) is 2.73. The molecule has 8 heteroatoms. The van der Waals surface area contributed by atoms with Crippen molar-refractivity contribution in [1.29, 1.82) is 0 Å². The van der Waals surface area contributed by atoms with E-state index in [0.29, 0.717) is 27.2 Å². The molecule has 0 spiro atoms. The predicted molar refractivity (Wildman–Crippen MR) is 103 cm³/mol. The van der Waals surface area contributed by atoms with Crippen LogP contribution in [0.15, 0.2) is 46.9 Å². The molecule has 0 bridgehead atoms. The number of amides is 2. The number of fused-ring (bicyclic) bond motifs is 1. The van der Waals surface area contributed by atoms with Gasteiger partial charge in [-0.05, 0) is 53.2 Å². The van der Waals surface area contributed by atoms with E-state index < -0.39 is 12.1 Å². The highest BCUT2D eigenvalue weighted by molar-refractivity contribution is 9.10. The first-order valence-corrected chi connectivity index (χ1v) is 8.94. The van der Waals surface area contributed by atoms with Crippen LogP contribution in [-0.4, -0.2) is 37.5 Å². The van der Waals surface area contributed by atoms with Gasteiger partial charge in [0.25, 0.3) is 5.91 Å². The third kappa shape index (κ3) is 3.95. The van der Waals surface area contributed by atoms with Gasteiger partial charge in [0, 0.05) is 0 Å². The van der Waals surface area contributed by atoms with Gasteiger partial charge in [-0.25, -0.2) is 4.79 Å². The van der Waals surface area contributed by atoms with Crippen molar-refractivity contribution in [2.24, 2.45) is 0 Å². The lowest BCUT2D eigenvalue weighted by Gasteiger charge is -2.31. The summed E-state index contributed by atoms with van der Waals surface area (Å²) < 4.78 is 10.9. The summed E-state index contributed by atoms with van der Waals surface area (Å²) >= 11 is 3.33. The van der Waals surface area contributed by atoms with E-state index >= 15 is 0 Å². The molecule has 140 valence electrons. The molecule has 1 aliphatic rings. The van der Waals surface area contributed by atoms with Crippen LogP contribution in [0.3, 0.4) is 0 Å². The van der Waals surface area contributed by atoms with Crippen molar-refractivity contribution in [1.82, 2.24) is 0 Å². The van der Waals surface area contributed by atoms with Crippen LogP contribution in [0, 0.1) is 0 Å². The molecule has 0 aliphatic carbocycles. The molecule has 1 unspecified atom stereocenters. The summed E-state index contributed by atoms with van der Waals surface area (Å²) in [6.07, 6.45) is -0.843. The minimum absolute atomic E-state index is 0.0774. The van der Waals surface area contributed by atoms with Gasteiger partial charge in [0.05, 0.1) is 28.5 Å². The Kier molecular flexibility index (Phi) is 5.46. The predicted octanol–water partition coefficient (Wildman–Crippen LogP) is 2.99. The van der Waals surface area contributed by atoms with E-state index in [-0.39, 0.29) is 18.4 Å². The molecule has 2 aromatic rings. The highest BCUT2D eigenvalue weighted by Crippen LogP contribution is 2.31. The number of hydrogen-bond acceptors (Lipinski definition) is 5. The van der Waals surface area contributed by atoms with E-state index in [1.807, 2.05) is 0 Å². The monoisotopic (exact) mass is 432 g/mol. The molecule has 7 nitrogen and oxygen atoms in total. The summed E-state index contributed by atoms with van der Waals surface area (Å²) in [7, 11) is 1.30. The van der Waals surface area contributed by atoms with Crippen LogP contribution < -0.4 is 15.0 Å². The van der Waals surface area contributed by atoms with Crippen molar-refractivity contribution in [3.63, 3.8) is 0 Å². The van der Waals surface area contributed by atoms with Gasteiger partial charge in [-0.1, -0.05) is 12.1 Å². The Morgan fingerprint density at radius 2 is 1.96 bits per heavy atom. The Balaban J connectivity index is 1.79. The Hall–Kier alpha value is -2.87. The molecule has 27 heavy (non-hydrogen) atoms. The zero-order valence-corrected chi connectivity index (χ0v) is 16.3. The lowest BCUT2D eigenvalue weighted by Crippen LogP contribution is -2.47. The third-order valence-electron chi connectivity index (χ3n) is 4.04. The average Bonchev–Trinajstić information content (AvgIpc) is 2.67. The fraction of sp³-hybridized carbons (Fsp3) is 0.211. The van der Waals surface area contributed by atoms with E-state index in [2.05, 4.69) is 26.0 Å². The molecule has 1 aliphatic heterocycles. The minimum Gasteiger partial charge on any atom is -0.480 e. The van der Waals surface area contributed by atoms with Crippen molar-refractivity contribution >= 4 is 45.1 Å². The maximum absolute atomic E-state index is 12.9. The molecule has 2 aromatic carbocycles. The van der Waals surface area contributed by atoms with E-state index in [1.54, 1.807) is 49.4 Å². The number of nitrogens with zero attached hydrogens (tertiary/aromatic N) is 1. The quantitative estimate of drug-likeness (QED) is 0.750. The van der Waals surface area contributed by atoms with Gasteiger partial charge in [0.2, 0.25) is 5.91 Å². The largest absolute Gasteiger partial charge is 0.480 e. The fourth-order valence-corrected chi connectivity index (χ4v) is 3.20. The minimum atomic E-state index is -0.843. The number of nitrogens with one attached hydrogen (secondary N) is 1. The number of anilines is 2. The maximum Gasteiger partial charge on any atom is 0.337 e. The second-order valence-electron chi connectivity index (χ2n) is 5.89. The second-order valence-corrected chi connectivity index (χ2v) is 6.74. The van der Waals surface area contributed by atoms with Gasteiger partial charge < -0.3 is 14.8 Å². The highest BCUT2D eigenvalue weighted by atomic mass is 79.9. The van der Waals surface area contributed by atoms with Gasteiger partial charge in [-0.3, -0.25) is 14.5 Å². The van der Waals surface area contributed by atoms with Crippen LogP contribution in [0.2, 0.25) is 0 Å². The average molecular weight is 433 g/mol. The first-order valence-electron chi connectivity index (χ1n) is 8.15. The normalized spacial score (nSPS) is 14.0. The highest BCUT2D eigenvalue weighted by Gasteiger charge is 2.30.